The smallest absolute Gasteiger partial charge is 0.159 e. The van der Waals surface area contributed by atoms with Crippen LogP contribution in [0.3, 0.4) is 0 Å². The molecule has 1 aliphatic rings. The molecule has 11 aromatic rings. The van der Waals surface area contributed by atoms with Gasteiger partial charge < -0.3 is 8.98 Å². The van der Waals surface area contributed by atoms with E-state index in [9.17, 15) is 0 Å². The first-order valence-electron chi connectivity index (χ1n) is 18.7. The third kappa shape index (κ3) is 4.99. The van der Waals surface area contributed by atoms with Gasteiger partial charge in [0.25, 0.3) is 0 Å². The Labute approximate surface area is 317 Å². The molecule has 0 spiro atoms. The molecule has 0 fully saturated rings. The number of aryl methyl sites for hydroxylation is 1. The molecule has 258 valence electrons. The average Bonchev–Trinajstić information content (AvgIpc) is 3.90. The lowest BCUT2D eigenvalue weighted by molar-refractivity contribution is 0.669. The number of fused-ring (bicyclic) bond motifs is 9. The zero-order valence-electron chi connectivity index (χ0n) is 30.1. The molecule has 3 heterocycles. The molecule has 8 aromatic carbocycles. The van der Waals surface area contributed by atoms with E-state index < -0.39 is 0 Å². The van der Waals surface area contributed by atoms with Gasteiger partial charge in [-0.3, -0.25) is 0 Å². The van der Waals surface area contributed by atoms with Crippen LogP contribution < -0.4 is 0 Å². The van der Waals surface area contributed by atoms with Crippen LogP contribution in [0.2, 0.25) is 0 Å². The van der Waals surface area contributed by atoms with Gasteiger partial charge in [0.2, 0.25) is 0 Å². The maximum absolute atomic E-state index is 6.36. The van der Waals surface area contributed by atoms with E-state index >= 15 is 0 Å². The van der Waals surface area contributed by atoms with Crippen LogP contribution in [-0.2, 0) is 0 Å². The van der Waals surface area contributed by atoms with Crippen LogP contribution in [0, 0.1) is 6.92 Å². The second-order valence-corrected chi connectivity index (χ2v) is 14.2. The first-order chi connectivity index (χ1) is 27.2. The number of aromatic nitrogens is 3. The predicted molar refractivity (Wildman–Crippen MR) is 228 cm³/mol. The third-order valence-electron chi connectivity index (χ3n) is 10.9. The van der Waals surface area contributed by atoms with Crippen molar-refractivity contribution in [3.63, 3.8) is 0 Å². The maximum Gasteiger partial charge on any atom is 0.159 e. The predicted octanol–water partition coefficient (Wildman–Crippen LogP) is 13.6. The zero-order chi connectivity index (χ0) is 36.5. The summed E-state index contributed by atoms with van der Waals surface area (Å²) in [7, 11) is 0. The summed E-state index contributed by atoms with van der Waals surface area (Å²) in [5.41, 5.74) is 14.3. The van der Waals surface area contributed by atoms with E-state index in [0.717, 1.165) is 50.0 Å². The van der Waals surface area contributed by atoms with Gasteiger partial charge >= 0.3 is 0 Å². The minimum atomic E-state index is 0.712. The molecule has 0 radical (unpaired) electrons. The zero-order valence-corrected chi connectivity index (χ0v) is 30.1. The quantitative estimate of drug-likeness (QED) is 0.184. The highest BCUT2D eigenvalue weighted by atomic mass is 16.3. The van der Waals surface area contributed by atoms with Crippen LogP contribution in [0.15, 0.2) is 187 Å². The number of hydrogen-bond acceptors (Lipinski definition) is 3. The van der Waals surface area contributed by atoms with Gasteiger partial charge in [0.05, 0.1) is 16.7 Å². The molecule has 1 aliphatic carbocycles. The largest absolute Gasteiger partial charge is 0.456 e. The van der Waals surface area contributed by atoms with E-state index in [4.69, 9.17) is 14.4 Å². The molecule has 0 amide bonds. The van der Waals surface area contributed by atoms with E-state index in [0.29, 0.717) is 5.82 Å². The molecule has 0 saturated carbocycles. The Morgan fingerprint density at radius 3 is 1.87 bits per heavy atom. The minimum Gasteiger partial charge on any atom is -0.456 e. The van der Waals surface area contributed by atoms with E-state index in [2.05, 4.69) is 163 Å². The minimum absolute atomic E-state index is 0.712. The number of hydrogen-bond donors (Lipinski definition) is 0. The lowest BCUT2D eigenvalue weighted by atomic mass is 9.97. The van der Waals surface area contributed by atoms with Crippen LogP contribution >= 0.6 is 0 Å². The molecule has 0 N–H and O–H groups in total. The molecule has 4 nitrogen and oxygen atoms in total. The highest BCUT2D eigenvalue weighted by Crippen LogP contribution is 2.46. The molecular weight excluding hydrogens is 671 g/mol. The fourth-order valence-corrected chi connectivity index (χ4v) is 8.42. The van der Waals surface area contributed by atoms with Gasteiger partial charge in [0.1, 0.15) is 11.2 Å². The summed E-state index contributed by atoms with van der Waals surface area (Å²) in [6, 6.07) is 61.9. The van der Waals surface area contributed by atoms with Crippen molar-refractivity contribution in [2.75, 3.05) is 0 Å². The molecule has 55 heavy (non-hydrogen) atoms. The van der Waals surface area contributed by atoms with Gasteiger partial charge in [-0.05, 0) is 89.0 Å². The average molecular weight is 704 g/mol. The molecule has 0 aliphatic heterocycles. The fourth-order valence-electron chi connectivity index (χ4n) is 8.42. The third-order valence-corrected chi connectivity index (χ3v) is 10.9. The van der Waals surface area contributed by atoms with E-state index in [1.165, 1.54) is 54.8 Å². The summed E-state index contributed by atoms with van der Waals surface area (Å²) in [6.45, 7) is 2.08. The van der Waals surface area contributed by atoms with Crippen LogP contribution in [0.4, 0.5) is 0 Å². The van der Waals surface area contributed by atoms with Crippen molar-refractivity contribution >= 4 is 54.5 Å². The van der Waals surface area contributed by atoms with Gasteiger partial charge in [0.15, 0.2) is 5.82 Å². The Balaban J connectivity index is 0.000000457. The number of rotatable bonds is 3. The van der Waals surface area contributed by atoms with Gasteiger partial charge in [-0.2, -0.15) is 0 Å². The van der Waals surface area contributed by atoms with Crippen LogP contribution in [-0.4, -0.2) is 14.5 Å². The number of benzene rings is 8. The first kappa shape index (κ1) is 31.2. The SMILES string of the molecule is Cc1ccccc1.c1ccc(-n2c3ccccc3c3c(-c4ccc5oc6ccc(-c7ncc8c(n7)-c7cccc9cccc-8c79)cc6c5c4)cccc32)cc1. The summed E-state index contributed by atoms with van der Waals surface area (Å²) in [6.07, 6.45) is 1.98. The van der Waals surface area contributed by atoms with Crippen molar-refractivity contribution in [3.8, 4) is 50.6 Å². The Morgan fingerprint density at radius 1 is 0.473 bits per heavy atom. The first-order valence-corrected chi connectivity index (χ1v) is 18.7. The van der Waals surface area contributed by atoms with Crippen LogP contribution in [0.5, 0.6) is 0 Å². The van der Waals surface area contributed by atoms with Crippen LogP contribution in [0.25, 0.3) is 105 Å². The Morgan fingerprint density at radius 2 is 1.11 bits per heavy atom. The molecule has 0 bridgehead atoms. The van der Waals surface area contributed by atoms with E-state index in [1.807, 2.05) is 30.5 Å². The lowest BCUT2D eigenvalue weighted by Gasteiger charge is -2.09. The topological polar surface area (TPSA) is 43.9 Å². The molecule has 0 unspecified atom stereocenters. The van der Waals surface area contributed by atoms with Gasteiger partial charge in [-0.15, -0.1) is 0 Å². The van der Waals surface area contributed by atoms with Crippen molar-refractivity contribution < 1.29 is 4.42 Å². The monoisotopic (exact) mass is 703 g/mol. The molecule has 0 saturated heterocycles. The summed E-state index contributed by atoms with van der Waals surface area (Å²) >= 11 is 0. The van der Waals surface area contributed by atoms with Crippen molar-refractivity contribution in [2.45, 2.75) is 6.92 Å². The summed E-state index contributed by atoms with van der Waals surface area (Å²) in [5.74, 6) is 0.712. The van der Waals surface area contributed by atoms with Gasteiger partial charge in [-0.25, -0.2) is 9.97 Å². The second kappa shape index (κ2) is 12.4. The maximum atomic E-state index is 6.36. The number of furan rings is 1. The van der Waals surface area contributed by atoms with Crippen molar-refractivity contribution in [1.29, 1.82) is 0 Å². The van der Waals surface area contributed by atoms with Gasteiger partial charge in [-0.1, -0.05) is 127 Å². The van der Waals surface area contributed by atoms with E-state index in [-0.39, 0.29) is 0 Å². The number of para-hydroxylation sites is 2. The summed E-state index contributed by atoms with van der Waals surface area (Å²) < 4.78 is 8.73. The van der Waals surface area contributed by atoms with Gasteiger partial charge in [0, 0.05) is 50.1 Å². The second-order valence-electron chi connectivity index (χ2n) is 14.2. The molecule has 12 rings (SSSR count). The summed E-state index contributed by atoms with van der Waals surface area (Å²) in [5, 5.41) is 7.09. The van der Waals surface area contributed by atoms with E-state index in [1.54, 1.807) is 0 Å². The Bertz CT molecular complexity index is 3260. The fraction of sp³-hybridized carbons (Fsp3) is 0.0196. The number of nitrogens with zero attached hydrogens (tertiary/aromatic N) is 3. The lowest BCUT2D eigenvalue weighted by Crippen LogP contribution is -1.92. The standard InChI is InChI=1S/C44H25N3O.C7H8/c1-2-11-29(12-3-1)47-37-17-5-4-13-32(37)42-30(14-8-18-38(42)47)27-19-21-39-34(23-27)35-24-28(20-22-40(35)48-39)44-45-25-36-31-15-6-9-26-10-7-16-33(41(26)31)43(36)46-44;1-7-5-3-2-4-6-7/h1-25H;2-6H,1H3. The molecule has 0 atom stereocenters. The summed E-state index contributed by atoms with van der Waals surface area (Å²) in [4.78, 5) is 10.0. The Hall–Kier alpha value is -7.30. The normalized spacial score (nSPS) is 11.7. The highest BCUT2D eigenvalue weighted by Gasteiger charge is 2.24. The Kier molecular flexibility index (Phi) is 7.04. The van der Waals surface area contributed by atoms with Crippen LogP contribution in [0.1, 0.15) is 5.56 Å². The molecular formula is C51H33N3O. The molecule has 3 aromatic heterocycles. The van der Waals surface area contributed by atoms with Crippen molar-refractivity contribution in [1.82, 2.24) is 14.5 Å². The highest BCUT2D eigenvalue weighted by molar-refractivity contribution is 6.17. The van der Waals surface area contributed by atoms with Crippen molar-refractivity contribution in [2.24, 2.45) is 0 Å². The molecule has 4 heteroatoms. The van der Waals surface area contributed by atoms with Crippen molar-refractivity contribution in [3.05, 3.63) is 188 Å².